The molecule has 2 aromatic carbocycles. The maximum atomic E-state index is 12.7. The zero-order valence-corrected chi connectivity index (χ0v) is 17.8. The molecular formula is C23H24N2O3S. The number of hydrogen-bond acceptors (Lipinski definition) is 5. The van der Waals surface area contributed by atoms with Gasteiger partial charge in [0.15, 0.2) is 0 Å². The lowest BCUT2D eigenvalue weighted by Gasteiger charge is -2.22. The second-order valence-corrected chi connectivity index (χ2v) is 8.37. The van der Waals surface area contributed by atoms with Crippen LogP contribution in [0.1, 0.15) is 25.1 Å². The lowest BCUT2D eigenvalue weighted by atomic mass is 10.0. The Balaban J connectivity index is 1.94. The van der Waals surface area contributed by atoms with E-state index in [1.807, 2.05) is 61.5 Å². The van der Waals surface area contributed by atoms with Gasteiger partial charge in [-0.05, 0) is 26.3 Å². The number of methoxy groups -OCH3 is 1. The molecule has 0 aliphatic heterocycles. The first kappa shape index (κ1) is 20.7. The predicted octanol–water partition coefficient (Wildman–Crippen LogP) is 4.40. The molecular weight excluding hydrogens is 384 g/mol. The number of aromatic nitrogens is 1. The van der Waals surface area contributed by atoms with Crippen molar-refractivity contribution >= 4 is 23.2 Å². The van der Waals surface area contributed by atoms with Crippen molar-refractivity contribution in [3.8, 4) is 21.0 Å². The van der Waals surface area contributed by atoms with E-state index in [0.29, 0.717) is 5.69 Å². The maximum absolute atomic E-state index is 12.7. The van der Waals surface area contributed by atoms with E-state index in [9.17, 15) is 9.59 Å². The molecule has 0 fully saturated rings. The van der Waals surface area contributed by atoms with Gasteiger partial charge in [0.05, 0.1) is 24.1 Å². The van der Waals surface area contributed by atoms with Gasteiger partial charge in [0.1, 0.15) is 10.5 Å². The molecule has 0 unspecified atom stereocenters. The highest BCUT2D eigenvalue weighted by Gasteiger charge is 2.31. The first-order chi connectivity index (χ1) is 13.8. The molecule has 0 aliphatic rings. The van der Waals surface area contributed by atoms with E-state index in [0.717, 1.165) is 21.0 Å². The van der Waals surface area contributed by atoms with Gasteiger partial charge in [0, 0.05) is 5.56 Å². The van der Waals surface area contributed by atoms with Gasteiger partial charge in [-0.15, -0.1) is 11.3 Å². The summed E-state index contributed by atoms with van der Waals surface area (Å²) >= 11 is 1.56. The van der Waals surface area contributed by atoms with Gasteiger partial charge in [-0.1, -0.05) is 60.2 Å². The Bertz CT molecular complexity index is 1010. The minimum absolute atomic E-state index is 0.0764. The van der Waals surface area contributed by atoms with E-state index in [4.69, 9.17) is 9.72 Å². The second-order valence-electron chi connectivity index (χ2n) is 7.37. The Hall–Kier alpha value is -2.99. The van der Waals surface area contributed by atoms with Gasteiger partial charge in [0.2, 0.25) is 5.91 Å². The minimum Gasteiger partial charge on any atom is -0.467 e. The quantitative estimate of drug-likeness (QED) is 0.614. The Morgan fingerprint density at radius 1 is 1.03 bits per heavy atom. The van der Waals surface area contributed by atoms with E-state index in [-0.39, 0.29) is 12.3 Å². The Kier molecular flexibility index (Phi) is 6.13. The fraction of sp³-hybridized carbons (Fsp3) is 0.261. The van der Waals surface area contributed by atoms with Crippen molar-refractivity contribution in [1.29, 1.82) is 0 Å². The van der Waals surface area contributed by atoms with E-state index in [2.05, 4.69) is 5.32 Å². The molecule has 0 bridgehead atoms. The van der Waals surface area contributed by atoms with Crippen molar-refractivity contribution in [3.63, 3.8) is 0 Å². The first-order valence-electron chi connectivity index (χ1n) is 9.32. The van der Waals surface area contributed by atoms with Gasteiger partial charge in [-0.2, -0.15) is 0 Å². The molecule has 1 heterocycles. The smallest absolute Gasteiger partial charge is 0.330 e. The average Bonchev–Trinajstić information content (AvgIpc) is 3.11. The molecule has 1 aromatic heterocycles. The van der Waals surface area contributed by atoms with Crippen LogP contribution in [0.4, 0.5) is 0 Å². The third-order valence-corrected chi connectivity index (χ3v) is 5.70. The number of carbonyl (C=O) groups is 2. The maximum Gasteiger partial charge on any atom is 0.330 e. The van der Waals surface area contributed by atoms with Crippen molar-refractivity contribution in [2.45, 2.75) is 32.7 Å². The van der Waals surface area contributed by atoms with E-state index in [1.165, 1.54) is 12.7 Å². The summed E-state index contributed by atoms with van der Waals surface area (Å²) in [5.41, 5.74) is 2.78. The van der Waals surface area contributed by atoms with Crippen LogP contribution < -0.4 is 5.32 Å². The van der Waals surface area contributed by atoms with Crippen LogP contribution in [0, 0.1) is 6.92 Å². The standard InChI is InChI=1S/C23H24N2O3S/c1-15-10-12-16(13-11-15)20-18(14-19(26)25-23(2,3)22(27)28-4)24-21(29-20)17-8-6-5-7-9-17/h5-13H,14H2,1-4H3,(H,25,26). The topological polar surface area (TPSA) is 68.3 Å². The molecule has 1 N–H and O–H groups in total. The number of amides is 1. The number of nitrogens with one attached hydrogen (secondary N) is 1. The zero-order chi connectivity index (χ0) is 21.0. The highest BCUT2D eigenvalue weighted by atomic mass is 32.1. The summed E-state index contributed by atoms with van der Waals surface area (Å²) in [6.07, 6.45) is 0.0764. The summed E-state index contributed by atoms with van der Waals surface area (Å²) in [6, 6.07) is 18.1. The normalized spacial score (nSPS) is 11.2. The second kappa shape index (κ2) is 8.57. The van der Waals surface area contributed by atoms with Crippen LogP contribution in [-0.2, 0) is 20.7 Å². The molecule has 1 amide bonds. The van der Waals surface area contributed by atoms with Crippen LogP contribution in [0.3, 0.4) is 0 Å². The third-order valence-electron chi connectivity index (χ3n) is 4.51. The molecule has 0 saturated carbocycles. The van der Waals surface area contributed by atoms with E-state index >= 15 is 0 Å². The fourth-order valence-electron chi connectivity index (χ4n) is 2.96. The number of hydrogen-bond donors (Lipinski definition) is 1. The van der Waals surface area contributed by atoms with Crippen LogP contribution in [0.25, 0.3) is 21.0 Å². The van der Waals surface area contributed by atoms with Gasteiger partial charge >= 0.3 is 5.97 Å². The lowest BCUT2D eigenvalue weighted by molar-refractivity contribution is -0.149. The van der Waals surface area contributed by atoms with Crippen molar-refractivity contribution in [2.75, 3.05) is 7.11 Å². The molecule has 0 spiro atoms. The third kappa shape index (κ3) is 4.90. The number of aryl methyl sites for hydroxylation is 1. The number of benzene rings is 2. The summed E-state index contributed by atoms with van der Waals surface area (Å²) in [4.78, 5) is 30.3. The summed E-state index contributed by atoms with van der Waals surface area (Å²) in [5.74, 6) is -0.772. The Morgan fingerprint density at radius 2 is 1.69 bits per heavy atom. The summed E-state index contributed by atoms with van der Waals surface area (Å²) in [6.45, 7) is 5.28. The molecule has 3 rings (SSSR count). The number of esters is 1. The molecule has 29 heavy (non-hydrogen) atoms. The van der Waals surface area contributed by atoms with E-state index in [1.54, 1.807) is 25.2 Å². The fourth-order valence-corrected chi connectivity index (χ4v) is 4.05. The molecule has 6 heteroatoms. The van der Waals surface area contributed by atoms with E-state index < -0.39 is 11.5 Å². The number of carbonyl (C=O) groups excluding carboxylic acids is 2. The minimum atomic E-state index is -1.10. The monoisotopic (exact) mass is 408 g/mol. The zero-order valence-electron chi connectivity index (χ0n) is 17.0. The summed E-state index contributed by atoms with van der Waals surface area (Å²) in [5, 5.41) is 3.60. The number of rotatable bonds is 6. The predicted molar refractivity (Wildman–Crippen MR) is 116 cm³/mol. The highest BCUT2D eigenvalue weighted by molar-refractivity contribution is 7.18. The molecule has 0 saturated heterocycles. The number of nitrogens with zero attached hydrogens (tertiary/aromatic N) is 1. The lowest BCUT2D eigenvalue weighted by Crippen LogP contribution is -2.50. The van der Waals surface area contributed by atoms with Crippen molar-refractivity contribution in [2.24, 2.45) is 0 Å². The molecule has 0 atom stereocenters. The molecule has 3 aromatic rings. The van der Waals surface area contributed by atoms with Crippen molar-refractivity contribution in [1.82, 2.24) is 10.3 Å². The van der Waals surface area contributed by atoms with Crippen molar-refractivity contribution in [3.05, 3.63) is 65.9 Å². The van der Waals surface area contributed by atoms with Crippen LogP contribution >= 0.6 is 11.3 Å². The molecule has 5 nitrogen and oxygen atoms in total. The number of ether oxygens (including phenoxy) is 1. The van der Waals surface area contributed by atoms with Gasteiger partial charge in [-0.25, -0.2) is 9.78 Å². The molecule has 150 valence electrons. The van der Waals surface area contributed by atoms with Crippen LogP contribution in [0.2, 0.25) is 0 Å². The Morgan fingerprint density at radius 3 is 2.31 bits per heavy atom. The summed E-state index contributed by atoms with van der Waals surface area (Å²) < 4.78 is 4.77. The Labute approximate surface area is 174 Å². The number of thiazole rings is 1. The molecule has 0 aliphatic carbocycles. The SMILES string of the molecule is COC(=O)C(C)(C)NC(=O)Cc1nc(-c2ccccc2)sc1-c1ccc(C)cc1. The largest absolute Gasteiger partial charge is 0.467 e. The van der Waals surface area contributed by atoms with Gasteiger partial charge in [0.25, 0.3) is 0 Å². The average molecular weight is 409 g/mol. The van der Waals surface area contributed by atoms with Crippen LogP contribution in [-0.4, -0.2) is 29.5 Å². The highest BCUT2D eigenvalue weighted by Crippen LogP contribution is 2.36. The molecule has 0 radical (unpaired) electrons. The first-order valence-corrected chi connectivity index (χ1v) is 10.1. The van der Waals surface area contributed by atoms with Crippen LogP contribution in [0.15, 0.2) is 54.6 Å². The summed E-state index contributed by atoms with van der Waals surface area (Å²) in [7, 11) is 1.30. The van der Waals surface area contributed by atoms with Gasteiger partial charge < -0.3 is 10.1 Å². The van der Waals surface area contributed by atoms with Crippen molar-refractivity contribution < 1.29 is 14.3 Å². The van der Waals surface area contributed by atoms with Gasteiger partial charge in [-0.3, -0.25) is 4.79 Å². The van der Waals surface area contributed by atoms with Crippen LogP contribution in [0.5, 0.6) is 0 Å².